The molecule has 0 saturated carbocycles. The first kappa shape index (κ1) is 25.2. The number of hydrogen-bond donors (Lipinski definition) is 3. The Morgan fingerprint density at radius 3 is 2.42 bits per heavy atom. The molecule has 2 aliphatic rings. The fourth-order valence-electron chi connectivity index (χ4n) is 4.62. The summed E-state index contributed by atoms with van der Waals surface area (Å²) in [4.78, 5) is 12.3. The highest BCUT2D eigenvalue weighted by Gasteiger charge is 2.48. The molecule has 2 aromatic carbocycles. The van der Waals surface area contributed by atoms with Gasteiger partial charge in [0.2, 0.25) is 0 Å². The maximum Gasteiger partial charge on any atom is 0.296 e. The molecule has 6 rings (SSSR count). The number of aliphatic hydroxyl groups is 1. The monoisotopic (exact) mass is 555 g/mol. The van der Waals surface area contributed by atoms with E-state index in [1.807, 2.05) is 48.5 Å². The van der Waals surface area contributed by atoms with E-state index in [4.69, 9.17) is 25.8 Å². The van der Waals surface area contributed by atoms with E-state index >= 15 is 0 Å². The largest absolute Gasteiger partial charge is 0.456 e. The third-order valence-corrected chi connectivity index (χ3v) is 8.27. The number of pyridine rings is 1. The van der Waals surface area contributed by atoms with Crippen LogP contribution >= 0.6 is 11.6 Å². The summed E-state index contributed by atoms with van der Waals surface area (Å²) in [7, 11) is -0.824. The van der Waals surface area contributed by atoms with Crippen LogP contribution in [0.1, 0.15) is 0 Å². The third kappa shape index (κ3) is 4.89. The van der Waals surface area contributed by atoms with Crippen molar-refractivity contribution in [3.8, 4) is 28.4 Å². The zero-order valence-electron chi connectivity index (χ0n) is 20.6. The van der Waals surface area contributed by atoms with Crippen molar-refractivity contribution in [2.24, 2.45) is 4.36 Å². The van der Waals surface area contributed by atoms with Gasteiger partial charge >= 0.3 is 0 Å². The number of nitrogens with zero attached hydrogens (tertiary/aromatic N) is 3. The Labute approximate surface area is 224 Å². The quantitative estimate of drug-likeness (QED) is 0.330. The molecule has 2 aromatic heterocycles. The number of aliphatic hydroxyl groups excluding tert-OH is 1. The lowest BCUT2D eigenvalue weighted by atomic mass is 10.0. The van der Waals surface area contributed by atoms with Gasteiger partial charge < -0.3 is 24.3 Å². The highest BCUT2D eigenvalue weighted by atomic mass is 35.5. The van der Waals surface area contributed by atoms with Crippen molar-refractivity contribution in [3.05, 3.63) is 59.6 Å². The summed E-state index contributed by atoms with van der Waals surface area (Å²) in [6.07, 6.45) is -0.184. The van der Waals surface area contributed by atoms with E-state index in [1.165, 1.54) is 0 Å². The van der Waals surface area contributed by atoms with Crippen molar-refractivity contribution < 1.29 is 23.5 Å². The van der Waals surface area contributed by atoms with E-state index in [0.717, 1.165) is 16.7 Å². The molecule has 10 nitrogen and oxygen atoms in total. The van der Waals surface area contributed by atoms with Crippen molar-refractivity contribution in [2.45, 2.75) is 24.4 Å². The lowest BCUT2D eigenvalue weighted by molar-refractivity contribution is 0.00706. The second kappa shape index (κ2) is 9.92. The minimum atomic E-state index is -2.45. The maximum atomic E-state index is 12.2. The van der Waals surface area contributed by atoms with Crippen LogP contribution in [-0.4, -0.2) is 75.2 Å². The number of benzene rings is 2. The molecule has 0 spiro atoms. The van der Waals surface area contributed by atoms with Gasteiger partial charge in [-0.2, -0.15) is 9.35 Å². The minimum Gasteiger partial charge on any atom is -0.456 e. The Bertz CT molecular complexity index is 1600. The average Bonchev–Trinajstić information content (AvgIpc) is 3.60. The Morgan fingerprint density at radius 2 is 1.71 bits per heavy atom. The summed E-state index contributed by atoms with van der Waals surface area (Å²) in [5.41, 5.74) is 5.23. The van der Waals surface area contributed by atoms with E-state index in [2.05, 4.69) is 24.0 Å². The highest BCUT2D eigenvalue weighted by molar-refractivity contribution is 7.91. The van der Waals surface area contributed by atoms with Crippen LogP contribution in [0.5, 0.6) is 6.01 Å². The summed E-state index contributed by atoms with van der Waals surface area (Å²) in [6.45, 7) is 0.538. The average molecular weight is 556 g/mol. The van der Waals surface area contributed by atoms with Gasteiger partial charge in [0.05, 0.1) is 35.1 Å². The molecule has 3 N–H and O–H groups in total. The van der Waals surface area contributed by atoms with E-state index in [9.17, 15) is 9.32 Å². The predicted molar refractivity (Wildman–Crippen MR) is 145 cm³/mol. The van der Waals surface area contributed by atoms with Crippen LogP contribution in [0, 0.1) is 0 Å². The fraction of sp³-hybridized carbons (Fsp3) is 0.308. The number of rotatable bonds is 6. The van der Waals surface area contributed by atoms with Crippen LogP contribution in [0.3, 0.4) is 0 Å². The number of fused-ring (bicyclic) bond motifs is 2. The molecule has 38 heavy (non-hydrogen) atoms. The first-order valence-electron chi connectivity index (χ1n) is 12.1. The smallest absolute Gasteiger partial charge is 0.296 e. The Balaban J connectivity index is 1.21. The van der Waals surface area contributed by atoms with Gasteiger partial charge in [0.25, 0.3) is 6.01 Å². The molecule has 0 aliphatic carbocycles. The number of hydrogen-bond acceptors (Lipinski definition) is 8. The van der Waals surface area contributed by atoms with Crippen LogP contribution < -0.4 is 9.46 Å². The molecule has 2 aliphatic heterocycles. The molecule has 4 aromatic rings. The molecule has 2 saturated heterocycles. The second-order valence-electron chi connectivity index (χ2n) is 9.27. The molecule has 0 amide bonds. The van der Waals surface area contributed by atoms with Crippen molar-refractivity contribution >= 4 is 38.4 Å². The molecule has 0 radical (unpaired) electrons. The fourth-order valence-corrected chi connectivity index (χ4v) is 5.50. The van der Waals surface area contributed by atoms with Crippen LogP contribution in [0.25, 0.3) is 33.5 Å². The molecule has 4 heterocycles. The summed E-state index contributed by atoms with van der Waals surface area (Å²) >= 11 is 6.59. The SMILES string of the molecule is CNS(C)(=O)=Nc1ccc(-c2ccc(-c3nc4nc(O[C@@H]5CO[C@H]6C5OC[C@H]6O)[nH]c4cc3Cl)cc2)cc1. The molecule has 2 unspecified atom stereocenters. The van der Waals surface area contributed by atoms with E-state index in [0.29, 0.717) is 40.2 Å². The molecule has 2 fully saturated rings. The summed E-state index contributed by atoms with van der Waals surface area (Å²) in [6, 6.07) is 17.5. The third-order valence-electron chi connectivity index (χ3n) is 6.67. The van der Waals surface area contributed by atoms with Gasteiger partial charge in [-0.25, -0.2) is 13.9 Å². The molecular formula is C26H26ClN5O5S. The number of ether oxygens (including phenoxy) is 3. The number of aromatic amines is 1. The zero-order chi connectivity index (χ0) is 26.4. The van der Waals surface area contributed by atoms with Crippen molar-refractivity contribution in [1.82, 2.24) is 19.7 Å². The number of aromatic nitrogens is 3. The number of imidazole rings is 1. The second-order valence-corrected chi connectivity index (χ2v) is 11.9. The predicted octanol–water partition coefficient (Wildman–Crippen LogP) is 3.71. The van der Waals surface area contributed by atoms with Gasteiger partial charge in [-0.1, -0.05) is 48.0 Å². The molecule has 198 valence electrons. The minimum absolute atomic E-state index is 0.230. The van der Waals surface area contributed by atoms with Crippen LogP contribution in [0.4, 0.5) is 5.69 Å². The molecule has 12 heteroatoms. The number of nitrogens with one attached hydrogen (secondary N) is 2. The molecular weight excluding hydrogens is 530 g/mol. The van der Waals surface area contributed by atoms with Crippen molar-refractivity contribution in [1.29, 1.82) is 0 Å². The lowest BCUT2D eigenvalue weighted by Gasteiger charge is -2.15. The van der Waals surface area contributed by atoms with Crippen molar-refractivity contribution in [3.63, 3.8) is 0 Å². The molecule has 0 bridgehead atoms. The first-order chi connectivity index (χ1) is 18.3. The topological polar surface area (TPSA) is 131 Å². The number of H-pyrrole nitrogens is 1. The lowest BCUT2D eigenvalue weighted by Crippen LogP contribution is -2.34. The van der Waals surface area contributed by atoms with Crippen LogP contribution in [0.2, 0.25) is 5.02 Å². The van der Waals surface area contributed by atoms with Gasteiger partial charge in [0.15, 0.2) is 11.8 Å². The maximum absolute atomic E-state index is 12.2. The first-order valence-corrected chi connectivity index (χ1v) is 14.4. The van der Waals surface area contributed by atoms with E-state index in [-0.39, 0.29) is 24.9 Å². The van der Waals surface area contributed by atoms with Gasteiger partial charge in [0.1, 0.15) is 28.2 Å². The normalized spacial score (nSPS) is 24.3. The zero-order valence-corrected chi connectivity index (χ0v) is 22.2. The van der Waals surface area contributed by atoms with Gasteiger partial charge in [-0.05, 0) is 36.4 Å². The van der Waals surface area contributed by atoms with Gasteiger partial charge in [-0.15, -0.1) is 0 Å². The van der Waals surface area contributed by atoms with E-state index < -0.39 is 16.0 Å². The summed E-state index contributed by atoms with van der Waals surface area (Å²) < 4.78 is 36.3. The standard InChI is InChI=1S/C26H26ClN5O5S/c1-28-38(2,34)32-17-9-7-15(8-10-17)14-3-5-16(6-4-14)22-18(27)11-19-25(30-22)31-26(29-19)37-21-13-36-23-20(33)12-35-24(21)23/h3-11,20-21,23-24,33H,12-13H2,1-2H3,(H,28,32,34)(H,29,30,31)/t20-,21-,23-,24?,38?/m1/s1. The van der Waals surface area contributed by atoms with Gasteiger partial charge in [-0.3, -0.25) is 0 Å². The summed E-state index contributed by atoms with van der Waals surface area (Å²) in [5, 5.41) is 10.4. The molecule has 5 atom stereocenters. The van der Waals surface area contributed by atoms with Gasteiger partial charge in [0, 0.05) is 11.8 Å². The Hall–Kier alpha value is -3.06. The summed E-state index contributed by atoms with van der Waals surface area (Å²) in [5.74, 6) is 0. The Morgan fingerprint density at radius 1 is 1.05 bits per heavy atom. The van der Waals surface area contributed by atoms with E-state index in [1.54, 1.807) is 19.4 Å². The highest BCUT2D eigenvalue weighted by Crippen LogP contribution is 2.33. The van der Waals surface area contributed by atoms with Crippen LogP contribution in [-0.2, 0) is 19.4 Å². The number of halogens is 1. The Kier molecular flexibility index (Phi) is 6.58. The van der Waals surface area contributed by atoms with Crippen LogP contribution in [0.15, 0.2) is 59.0 Å². The van der Waals surface area contributed by atoms with Crippen molar-refractivity contribution in [2.75, 3.05) is 26.5 Å².